The largest absolute Gasteiger partial charge is 0.357 e. The molecule has 6 heteroatoms. The van der Waals surface area contributed by atoms with E-state index in [0.717, 1.165) is 25.7 Å². The summed E-state index contributed by atoms with van der Waals surface area (Å²) in [5.74, 6) is 0. The van der Waals surface area contributed by atoms with E-state index in [9.17, 15) is 8.42 Å². The molecule has 2 aromatic rings. The van der Waals surface area contributed by atoms with Gasteiger partial charge in [-0.25, -0.2) is 5.14 Å². The SMILES string of the molecule is CC(C)(C)c1ccc([I+]c2ccc(C(C)(C)C)cc2)cc1.NS(=O)(=O)OC1CCCCC1. The number of rotatable bonds is 4. The molecule has 0 unspecified atom stereocenters. The summed E-state index contributed by atoms with van der Waals surface area (Å²) in [6.45, 7) is 13.6. The third-order valence-corrected chi connectivity index (χ3v) is 8.69. The summed E-state index contributed by atoms with van der Waals surface area (Å²) in [6, 6.07) is 18.4. The first kappa shape index (κ1) is 27.3. The molecule has 0 bridgehead atoms. The molecule has 178 valence electrons. The van der Waals surface area contributed by atoms with Crippen LogP contribution in [0.25, 0.3) is 0 Å². The molecule has 0 saturated heterocycles. The fraction of sp³-hybridized carbons (Fsp3) is 0.538. The summed E-state index contributed by atoms with van der Waals surface area (Å²) in [7, 11) is -3.72. The van der Waals surface area contributed by atoms with Crippen molar-refractivity contribution in [3.63, 3.8) is 0 Å². The minimum atomic E-state index is -3.72. The Morgan fingerprint density at radius 2 is 1.12 bits per heavy atom. The fourth-order valence-corrected chi connectivity index (χ4v) is 6.23. The molecule has 1 saturated carbocycles. The van der Waals surface area contributed by atoms with Gasteiger partial charge < -0.3 is 0 Å². The predicted octanol–water partition coefficient (Wildman–Crippen LogP) is 2.95. The van der Waals surface area contributed by atoms with Crippen molar-refractivity contribution in [1.82, 2.24) is 0 Å². The normalized spacial score (nSPS) is 15.7. The number of halogens is 1. The first-order valence-electron chi connectivity index (χ1n) is 11.3. The number of nitrogens with two attached hydrogens (primary N) is 1. The van der Waals surface area contributed by atoms with E-state index in [0.29, 0.717) is 0 Å². The van der Waals surface area contributed by atoms with E-state index in [1.165, 1.54) is 24.7 Å². The number of benzene rings is 2. The van der Waals surface area contributed by atoms with Crippen LogP contribution in [-0.2, 0) is 25.3 Å². The molecule has 0 aliphatic heterocycles. The van der Waals surface area contributed by atoms with Crippen LogP contribution in [-0.4, -0.2) is 14.5 Å². The molecule has 0 spiro atoms. The Labute approximate surface area is 205 Å². The van der Waals surface area contributed by atoms with Gasteiger partial charge in [-0.3, -0.25) is 4.18 Å². The van der Waals surface area contributed by atoms with Crippen molar-refractivity contribution in [1.29, 1.82) is 0 Å². The third kappa shape index (κ3) is 9.89. The van der Waals surface area contributed by atoms with Crippen molar-refractivity contribution >= 4 is 10.3 Å². The van der Waals surface area contributed by atoms with Crippen LogP contribution >= 0.6 is 0 Å². The van der Waals surface area contributed by atoms with Gasteiger partial charge >= 0.3 is 31.5 Å². The minimum Gasteiger partial charge on any atom is -0.255 e. The molecule has 0 amide bonds. The summed E-state index contributed by atoms with van der Waals surface area (Å²) < 4.78 is 28.5. The lowest BCUT2D eigenvalue weighted by Crippen LogP contribution is -3.61. The summed E-state index contributed by atoms with van der Waals surface area (Å²) in [4.78, 5) is 0. The molecule has 32 heavy (non-hydrogen) atoms. The van der Waals surface area contributed by atoms with Crippen LogP contribution in [0.3, 0.4) is 0 Å². The highest BCUT2D eigenvalue weighted by Gasteiger charge is 2.20. The van der Waals surface area contributed by atoms with E-state index in [1.54, 1.807) is 0 Å². The monoisotopic (exact) mass is 572 g/mol. The lowest BCUT2D eigenvalue weighted by atomic mass is 9.87. The van der Waals surface area contributed by atoms with Gasteiger partial charge in [0.1, 0.15) is 0 Å². The van der Waals surface area contributed by atoms with Crippen molar-refractivity contribution in [3.05, 3.63) is 66.8 Å². The van der Waals surface area contributed by atoms with Crippen LogP contribution in [0.15, 0.2) is 48.5 Å². The Morgan fingerprint density at radius 3 is 1.44 bits per heavy atom. The maximum Gasteiger partial charge on any atom is 0.357 e. The number of hydrogen-bond donors (Lipinski definition) is 1. The van der Waals surface area contributed by atoms with E-state index >= 15 is 0 Å². The van der Waals surface area contributed by atoms with Gasteiger partial charge in [-0.1, -0.05) is 85.1 Å². The van der Waals surface area contributed by atoms with Crippen LogP contribution in [0.4, 0.5) is 0 Å². The Bertz CT molecular complexity index is 879. The molecule has 0 heterocycles. The summed E-state index contributed by atoms with van der Waals surface area (Å²) in [5, 5.41) is 4.72. The molecule has 1 aliphatic carbocycles. The van der Waals surface area contributed by atoms with E-state index < -0.39 is 10.3 Å². The van der Waals surface area contributed by atoms with Crippen LogP contribution in [0.5, 0.6) is 0 Å². The van der Waals surface area contributed by atoms with Gasteiger partial charge in [0.2, 0.25) is 0 Å². The van der Waals surface area contributed by atoms with Crippen molar-refractivity contribution in [2.24, 2.45) is 5.14 Å². The highest BCUT2D eigenvalue weighted by Crippen LogP contribution is 2.22. The highest BCUT2D eigenvalue weighted by molar-refractivity contribution is 7.84. The van der Waals surface area contributed by atoms with Crippen LogP contribution < -0.4 is 26.3 Å². The molecule has 4 nitrogen and oxygen atoms in total. The van der Waals surface area contributed by atoms with Gasteiger partial charge in [0.05, 0.1) is 6.10 Å². The first-order chi connectivity index (χ1) is 14.7. The van der Waals surface area contributed by atoms with Gasteiger partial charge in [-0.15, -0.1) is 0 Å². The zero-order chi connectivity index (χ0) is 24.0. The standard InChI is InChI=1S/C20H26I.C6H13NO3S/c1-19(2,3)15-7-11-17(12-8-15)21-18-13-9-16(10-14-18)20(4,5)6;7-11(8,9)10-6-4-2-1-3-5-6/h7-14H,1-6H3;6H,1-5H2,(H2,7,8,9)/q+1;. The summed E-state index contributed by atoms with van der Waals surface area (Å²) in [6.07, 6.45) is 4.72. The second kappa shape index (κ2) is 11.4. The molecule has 0 radical (unpaired) electrons. The van der Waals surface area contributed by atoms with Crippen LogP contribution in [0, 0.1) is 7.14 Å². The molecule has 2 aromatic carbocycles. The molecule has 0 atom stereocenters. The average Bonchev–Trinajstić information content (AvgIpc) is 2.67. The highest BCUT2D eigenvalue weighted by atomic mass is 127. The average molecular weight is 573 g/mol. The Morgan fingerprint density at radius 1 is 0.750 bits per heavy atom. The number of hydrogen-bond acceptors (Lipinski definition) is 3. The van der Waals surface area contributed by atoms with E-state index in [1.807, 2.05) is 0 Å². The minimum absolute atomic E-state index is 0.0703. The van der Waals surface area contributed by atoms with Gasteiger partial charge in [0.25, 0.3) is 0 Å². The van der Waals surface area contributed by atoms with Gasteiger partial charge in [0, 0.05) is 0 Å². The van der Waals surface area contributed by atoms with E-state index in [4.69, 9.17) is 5.14 Å². The smallest absolute Gasteiger partial charge is 0.255 e. The van der Waals surface area contributed by atoms with Crippen LogP contribution in [0.2, 0.25) is 0 Å². The summed E-state index contributed by atoms with van der Waals surface area (Å²) >= 11 is -0.0703. The lowest BCUT2D eigenvalue weighted by molar-refractivity contribution is -0.597. The zero-order valence-electron chi connectivity index (χ0n) is 20.3. The molecule has 3 rings (SSSR count). The van der Waals surface area contributed by atoms with E-state index in [2.05, 4.69) is 94.3 Å². The zero-order valence-corrected chi connectivity index (χ0v) is 23.3. The third-order valence-electron chi connectivity index (χ3n) is 5.46. The maximum absolute atomic E-state index is 10.5. The second-order valence-corrected chi connectivity index (χ2v) is 14.7. The topological polar surface area (TPSA) is 69.4 Å². The van der Waals surface area contributed by atoms with Crippen molar-refractivity contribution in [3.8, 4) is 0 Å². The van der Waals surface area contributed by atoms with Gasteiger partial charge in [0.15, 0.2) is 7.14 Å². The Hall–Kier alpha value is -0.960. The first-order valence-corrected chi connectivity index (χ1v) is 14.9. The van der Waals surface area contributed by atoms with Gasteiger partial charge in [-0.2, -0.15) is 8.42 Å². The van der Waals surface area contributed by atoms with Gasteiger partial charge in [-0.05, 0) is 59.1 Å². The summed E-state index contributed by atoms with van der Waals surface area (Å²) in [5.41, 5.74) is 3.31. The quantitative estimate of drug-likeness (QED) is 0.574. The maximum atomic E-state index is 10.5. The fourth-order valence-electron chi connectivity index (χ4n) is 3.50. The molecule has 0 aromatic heterocycles. The predicted molar refractivity (Wildman–Crippen MR) is 129 cm³/mol. The second-order valence-electron chi connectivity index (χ2n) is 10.5. The molecular formula is C26H39INO3S+. The molecule has 2 N–H and O–H groups in total. The van der Waals surface area contributed by atoms with Crippen LogP contribution in [0.1, 0.15) is 84.8 Å². The Balaban J connectivity index is 0.000000278. The van der Waals surface area contributed by atoms with Crippen molar-refractivity contribution in [2.75, 3.05) is 0 Å². The van der Waals surface area contributed by atoms with Crippen molar-refractivity contribution < 1.29 is 33.8 Å². The molecular weight excluding hydrogens is 533 g/mol. The molecule has 1 aliphatic rings. The lowest BCUT2D eigenvalue weighted by Gasteiger charge is -2.19. The van der Waals surface area contributed by atoms with Crippen molar-refractivity contribution in [2.45, 2.75) is 90.6 Å². The van der Waals surface area contributed by atoms with E-state index in [-0.39, 0.29) is 38.1 Å². The molecule has 1 fully saturated rings. The Kier molecular flexibility index (Phi) is 9.76.